The number of nitrogens with one attached hydrogen (secondary N) is 1. The Morgan fingerprint density at radius 1 is 0.974 bits per heavy atom. The van der Waals surface area contributed by atoms with Gasteiger partial charge in [-0.25, -0.2) is 15.0 Å². The maximum atomic E-state index is 6.00. The minimum Gasteiger partial charge on any atom is -0.493 e. The Kier molecular flexibility index (Phi) is 7.46. The zero-order valence-electron chi connectivity index (χ0n) is 22.0. The van der Waals surface area contributed by atoms with Crippen molar-refractivity contribution in [2.45, 2.75) is 13.0 Å². The van der Waals surface area contributed by atoms with E-state index in [0.717, 1.165) is 84.6 Å². The molecule has 4 aromatic heterocycles. The SMILES string of the molecule is Cn1cc(-c2ccc(CNc3cc(-c4cnc5cc(OCCCN6CCOCC6)ccn45)ncn3)cc2)cn1. The van der Waals surface area contributed by atoms with Crippen molar-refractivity contribution >= 4 is 11.5 Å². The number of benzene rings is 1. The molecule has 0 atom stereocenters. The first-order valence-electron chi connectivity index (χ1n) is 13.3. The van der Waals surface area contributed by atoms with E-state index in [4.69, 9.17) is 9.47 Å². The number of imidazole rings is 1. The second-order valence-electron chi connectivity index (χ2n) is 9.63. The lowest BCUT2D eigenvalue weighted by Gasteiger charge is -2.26. The largest absolute Gasteiger partial charge is 0.493 e. The van der Waals surface area contributed by atoms with E-state index in [1.54, 1.807) is 6.33 Å². The van der Waals surface area contributed by atoms with Crippen LogP contribution in [-0.4, -0.2) is 73.5 Å². The van der Waals surface area contributed by atoms with E-state index in [1.807, 2.05) is 59.1 Å². The summed E-state index contributed by atoms with van der Waals surface area (Å²) in [6.07, 6.45) is 10.3. The quantitative estimate of drug-likeness (QED) is 0.275. The molecule has 200 valence electrons. The number of aromatic nitrogens is 6. The van der Waals surface area contributed by atoms with Gasteiger partial charge >= 0.3 is 0 Å². The average Bonchev–Trinajstić information content (AvgIpc) is 3.61. The summed E-state index contributed by atoms with van der Waals surface area (Å²) in [5, 5.41) is 7.66. The Morgan fingerprint density at radius 2 is 1.85 bits per heavy atom. The van der Waals surface area contributed by atoms with Gasteiger partial charge in [0.25, 0.3) is 0 Å². The van der Waals surface area contributed by atoms with E-state index in [0.29, 0.717) is 13.2 Å². The molecule has 5 heterocycles. The zero-order chi connectivity index (χ0) is 26.4. The van der Waals surface area contributed by atoms with Gasteiger partial charge in [-0.05, 0) is 23.6 Å². The summed E-state index contributed by atoms with van der Waals surface area (Å²) >= 11 is 0. The maximum absolute atomic E-state index is 6.00. The summed E-state index contributed by atoms with van der Waals surface area (Å²) in [4.78, 5) is 15.9. The molecule has 1 fully saturated rings. The minimum absolute atomic E-state index is 0.656. The van der Waals surface area contributed by atoms with Crippen LogP contribution in [-0.2, 0) is 18.3 Å². The van der Waals surface area contributed by atoms with Crippen LogP contribution in [0.5, 0.6) is 5.75 Å². The van der Waals surface area contributed by atoms with Gasteiger partial charge in [0.2, 0.25) is 0 Å². The number of aryl methyl sites for hydroxylation is 1. The fourth-order valence-electron chi connectivity index (χ4n) is 4.72. The van der Waals surface area contributed by atoms with E-state index in [1.165, 1.54) is 0 Å². The van der Waals surface area contributed by atoms with Gasteiger partial charge in [0, 0.05) is 63.3 Å². The monoisotopic (exact) mass is 524 g/mol. The Labute approximate surface area is 227 Å². The molecular formula is C29H32N8O2. The van der Waals surface area contributed by atoms with E-state index >= 15 is 0 Å². The van der Waals surface area contributed by atoms with Crippen LogP contribution in [0.2, 0.25) is 0 Å². The van der Waals surface area contributed by atoms with Crippen LogP contribution in [0.4, 0.5) is 5.82 Å². The molecule has 0 bridgehead atoms. The fourth-order valence-corrected chi connectivity index (χ4v) is 4.72. The van der Waals surface area contributed by atoms with Crippen LogP contribution in [0.1, 0.15) is 12.0 Å². The first kappa shape index (κ1) is 25.0. The third-order valence-corrected chi connectivity index (χ3v) is 6.87. The number of ether oxygens (including phenoxy) is 2. The highest BCUT2D eigenvalue weighted by atomic mass is 16.5. The Hall–Kier alpha value is -4.28. The summed E-state index contributed by atoms with van der Waals surface area (Å²) in [6, 6.07) is 14.3. The smallest absolute Gasteiger partial charge is 0.140 e. The second kappa shape index (κ2) is 11.6. The van der Waals surface area contributed by atoms with Gasteiger partial charge in [0.05, 0.1) is 43.6 Å². The van der Waals surface area contributed by atoms with Crippen molar-refractivity contribution in [2.24, 2.45) is 7.05 Å². The second-order valence-corrected chi connectivity index (χ2v) is 9.63. The van der Waals surface area contributed by atoms with Crippen LogP contribution < -0.4 is 10.1 Å². The first-order chi connectivity index (χ1) is 19.2. The van der Waals surface area contributed by atoms with E-state index in [9.17, 15) is 0 Å². The molecule has 1 aliphatic heterocycles. The van der Waals surface area contributed by atoms with Crippen molar-refractivity contribution in [2.75, 3.05) is 44.8 Å². The standard InChI is InChI=1S/C29H32N8O2/c1-35-20-24(18-34-35)23-5-3-22(4-6-23)17-30-28-16-26(32-21-33-28)27-19-31-29-15-25(7-9-37(27)29)39-12-2-8-36-10-13-38-14-11-36/h3-7,9,15-16,18-21H,2,8,10-14,17H2,1H3,(H,30,32,33). The molecular weight excluding hydrogens is 492 g/mol. The lowest BCUT2D eigenvalue weighted by Crippen LogP contribution is -2.37. The lowest BCUT2D eigenvalue weighted by molar-refractivity contribution is 0.0358. The van der Waals surface area contributed by atoms with Crippen LogP contribution in [0.3, 0.4) is 0 Å². The van der Waals surface area contributed by atoms with Gasteiger partial charge in [0.1, 0.15) is 23.5 Å². The molecule has 1 saturated heterocycles. The summed E-state index contributed by atoms with van der Waals surface area (Å²) < 4.78 is 15.2. The molecule has 0 amide bonds. The van der Waals surface area contributed by atoms with Crippen LogP contribution in [0.25, 0.3) is 28.2 Å². The summed E-state index contributed by atoms with van der Waals surface area (Å²) in [5.41, 5.74) is 5.92. The maximum Gasteiger partial charge on any atom is 0.140 e. The van der Waals surface area contributed by atoms with Crippen LogP contribution >= 0.6 is 0 Å². The summed E-state index contributed by atoms with van der Waals surface area (Å²) in [5.74, 6) is 1.58. The van der Waals surface area contributed by atoms with E-state index < -0.39 is 0 Å². The number of nitrogens with zero attached hydrogens (tertiary/aromatic N) is 7. The fraction of sp³-hybridized carbons (Fsp3) is 0.310. The van der Waals surface area contributed by atoms with Gasteiger partial charge in [0.15, 0.2) is 0 Å². The molecule has 10 heteroatoms. The number of hydrogen-bond donors (Lipinski definition) is 1. The Balaban J connectivity index is 1.06. The highest BCUT2D eigenvalue weighted by Gasteiger charge is 2.11. The zero-order valence-corrected chi connectivity index (χ0v) is 22.0. The molecule has 1 aromatic carbocycles. The van der Waals surface area contributed by atoms with Crippen LogP contribution in [0.15, 0.2) is 73.6 Å². The molecule has 1 aliphatic rings. The first-order valence-corrected chi connectivity index (χ1v) is 13.3. The number of anilines is 1. The van der Waals surface area contributed by atoms with Gasteiger partial charge in [-0.2, -0.15) is 5.10 Å². The minimum atomic E-state index is 0.656. The average molecular weight is 525 g/mol. The van der Waals surface area contributed by atoms with Gasteiger partial charge in [-0.15, -0.1) is 0 Å². The van der Waals surface area contributed by atoms with Gasteiger partial charge in [-0.1, -0.05) is 24.3 Å². The van der Waals surface area contributed by atoms with E-state index in [-0.39, 0.29) is 0 Å². The molecule has 0 saturated carbocycles. The van der Waals surface area contributed by atoms with Crippen molar-refractivity contribution < 1.29 is 9.47 Å². The van der Waals surface area contributed by atoms with Crippen LogP contribution in [0, 0.1) is 0 Å². The van der Waals surface area contributed by atoms with Crippen molar-refractivity contribution in [3.05, 3.63) is 79.1 Å². The molecule has 5 aromatic rings. The highest BCUT2D eigenvalue weighted by molar-refractivity contribution is 5.64. The van der Waals surface area contributed by atoms with Crippen molar-refractivity contribution in [1.29, 1.82) is 0 Å². The predicted octanol–water partition coefficient (Wildman–Crippen LogP) is 3.91. The topological polar surface area (TPSA) is 94.6 Å². The molecule has 6 rings (SSSR count). The number of rotatable bonds is 10. The number of pyridine rings is 1. The predicted molar refractivity (Wildman–Crippen MR) is 150 cm³/mol. The molecule has 0 spiro atoms. The van der Waals surface area contributed by atoms with Crippen molar-refractivity contribution in [1.82, 2.24) is 34.0 Å². The molecule has 0 radical (unpaired) electrons. The normalized spacial score (nSPS) is 14.1. The molecule has 0 unspecified atom stereocenters. The Morgan fingerprint density at radius 3 is 2.67 bits per heavy atom. The third kappa shape index (κ3) is 6.08. The highest BCUT2D eigenvalue weighted by Crippen LogP contribution is 2.24. The Bertz CT molecular complexity index is 1520. The van der Waals surface area contributed by atoms with Gasteiger partial charge in [-0.3, -0.25) is 14.0 Å². The number of morpholine rings is 1. The molecule has 0 aliphatic carbocycles. The lowest BCUT2D eigenvalue weighted by atomic mass is 10.1. The summed E-state index contributed by atoms with van der Waals surface area (Å²) in [6.45, 7) is 6.01. The number of hydrogen-bond acceptors (Lipinski definition) is 8. The molecule has 39 heavy (non-hydrogen) atoms. The van der Waals surface area contributed by atoms with Gasteiger partial charge < -0.3 is 14.8 Å². The molecule has 1 N–H and O–H groups in total. The van der Waals surface area contributed by atoms with Crippen molar-refractivity contribution in [3.8, 4) is 28.3 Å². The third-order valence-electron chi connectivity index (χ3n) is 6.87. The van der Waals surface area contributed by atoms with Crippen molar-refractivity contribution in [3.63, 3.8) is 0 Å². The summed E-state index contributed by atoms with van der Waals surface area (Å²) in [7, 11) is 1.92. The van der Waals surface area contributed by atoms with E-state index in [2.05, 4.69) is 54.5 Å². The number of fused-ring (bicyclic) bond motifs is 1. The molecule has 10 nitrogen and oxygen atoms in total.